The zero-order chi connectivity index (χ0) is 9.80. The second-order valence-electron chi connectivity index (χ2n) is 3.69. The molecule has 2 rings (SSSR count). The van der Waals surface area contributed by atoms with Gasteiger partial charge in [0.15, 0.2) is 0 Å². The summed E-state index contributed by atoms with van der Waals surface area (Å²) >= 11 is 0. The Morgan fingerprint density at radius 1 is 1.36 bits per heavy atom. The monoisotopic (exact) mass is 186 g/mol. The molecule has 1 aromatic carbocycles. The zero-order valence-electron chi connectivity index (χ0n) is 8.21. The van der Waals surface area contributed by atoms with Gasteiger partial charge in [-0.2, -0.15) is 5.26 Å². The van der Waals surface area contributed by atoms with E-state index in [2.05, 4.69) is 29.6 Å². The van der Waals surface area contributed by atoms with Crippen LogP contribution in [0.25, 0.3) is 0 Å². The van der Waals surface area contributed by atoms with Crippen molar-refractivity contribution in [3.63, 3.8) is 0 Å². The number of nitriles is 1. The second-order valence-corrected chi connectivity index (χ2v) is 3.69. The highest BCUT2D eigenvalue weighted by atomic mass is 14.9. The van der Waals surface area contributed by atoms with Crippen molar-refractivity contribution in [1.29, 1.82) is 5.26 Å². The SMILES string of the molecule is N#CCCc1ccc2c(c1)CCNC2. The molecule has 0 aliphatic carbocycles. The lowest BCUT2D eigenvalue weighted by Crippen LogP contribution is -2.23. The molecule has 0 bridgehead atoms. The molecule has 0 radical (unpaired) electrons. The summed E-state index contributed by atoms with van der Waals surface area (Å²) < 4.78 is 0. The molecule has 1 aliphatic rings. The lowest BCUT2D eigenvalue weighted by Gasteiger charge is -2.17. The molecule has 2 heteroatoms. The molecule has 14 heavy (non-hydrogen) atoms. The quantitative estimate of drug-likeness (QED) is 0.764. The van der Waals surface area contributed by atoms with Crippen molar-refractivity contribution in [2.24, 2.45) is 0 Å². The van der Waals surface area contributed by atoms with Crippen molar-refractivity contribution < 1.29 is 0 Å². The van der Waals surface area contributed by atoms with Crippen LogP contribution in [0.3, 0.4) is 0 Å². The Bertz CT molecular complexity index is 363. The summed E-state index contributed by atoms with van der Waals surface area (Å²) in [5.74, 6) is 0. The van der Waals surface area contributed by atoms with Crippen LogP contribution in [0.5, 0.6) is 0 Å². The maximum Gasteiger partial charge on any atom is 0.0625 e. The lowest BCUT2D eigenvalue weighted by atomic mass is 9.97. The van der Waals surface area contributed by atoms with E-state index in [0.29, 0.717) is 6.42 Å². The van der Waals surface area contributed by atoms with E-state index >= 15 is 0 Å². The first kappa shape index (κ1) is 9.23. The largest absolute Gasteiger partial charge is 0.312 e. The van der Waals surface area contributed by atoms with Crippen molar-refractivity contribution in [2.75, 3.05) is 6.54 Å². The summed E-state index contributed by atoms with van der Waals surface area (Å²) in [6.45, 7) is 2.07. The number of nitrogens with zero attached hydrogens (tertiary/aromatic N) is 1. The molecule has 0 fully saturated rings. The Morgan fingerprint density at radius 3 is 3.14 bits per heavy atom. The van der Waals surface area contributed by atoms with Crippen LogP contribution in [-0.4, -0.2) is 6.54 Å². The van der Waals surface area contributed by atoms with Gasteiger partial charge in [0.2, 0.25) is 0 Å². The predicted molar refractivity (Wildman–Crippen MR) is 55.8 cm³/mol. The number of nitrogens with one attached hydrogen (secondary N) is 1. The van der Waals surface area contributed by atoms with Crippen LogP contribution in [-0.2, 0) is 19.4 Å². The normalized spacial score (nSPS) is 14.5. The van der Waals surface area contributed by atoms with Gasteiger partial charge in [-0.1, -0.05) is 18.2 Å². The fraction of sp³-hybridized carbons (Fsp3) is 0.417. The minimum atomic E-state index is 0.622. The molecule has 72 valence electrons. The van der Waals surface area contributed by atoms with Crippen molar-refractivity contribution >= 4 is 0 Å². The third-order valence-corrected chi connectivity index (χ3v) is 2.68. The summed E-state index contributed by atoms with van der Waals surface area (Å²) in [4.78, 5) is 0. The van der Waals surface area contributed by atoms with Crippen LogP contribution in [0.2, 0.25) is 0 Å². The third kappa shape index (κ3) is 1.94. The van der Waals surface area contributed by atoms with E-state index in [1.165, 1.54) is 16.7 Å². The van der Waals surface area contributed by atoms with Gasteiger partial charge in [0.25, 0.3) is 0 Å². The van der Waals surface area contributed by atoms with Gasteiger partial charge in [-0.3, -0.25) is 0 Å². The van der Waals surface area contributed by atoms with Crippen LogP contribution in [0.15, 0.2) is 18.2 Å². The standard InChI is InChI=1S/C12H14N2/c13-6-1-2-10-3-4-12-9-14-7-5-11(12)8-10/h3-4,8,14H,1-2,5,7,9H2. The summed E-state index contributed by atoms with van der Waals surface area (Å²) in [5.41, 5.74) is 4.17. The minimum Gasteiger partial charge on any atom is -0.312 e. The Labute approximate surface area is 84.6 Å². The van der Waals surface area contributed by atoms with Crippen LogP contribution >= 0.6 is 0 Å². The maximum atomic E-state index is 8.51. The molecule has 1 heterocycles. The molecular weight excluding hydrogens is 172 g/mol. The summed E-state index contributed by atoms with van der Waals surface area (Å²) in [7, 11) is 0. The number of hydrogen-bond acceptors (Lipinski definition) is 2. The third-order valence-electron chi connectivity index (χ3n) is 2.68. The number of fused-ring (bicyclic) bond motifs is 1. The lowest BCUT2D eigenvalue weighted by molar-refractivity contribution is 0.643. The molecule has 0 atom stereocenters. The highest BCUT2D eigenvalue weighted by Gasteiger charge is 2.08. The molecule has 2 nitrogen and oxygen atoms in total. The van der Waals surface area contributed by atoms with Gasteiger partial charge in [0.1, 0.15) is 0 Å². The van der Waals surface area contributed by atoms with Crippen LogP contribution in [0.4, 0.5) is 0 Å². The van der Waals surface area contributed by atoms with Crippen LogP contribution in [0.1, 0.15) is 23.1 Å². The van der Waals surface area contributed by atoms with Crippen molar-refractivity contribution in [1.82, 2.24) is 5.32 Å². The van der Waals surface area contributed by atoms with Gasteiger partial charge in [0.05, 0.1) is 6.07 Å². The zero-order valence-corrected chi connectivity index (χ0v) is 8.21. The molecule has 0 unspecified atom stereocenters. The van der Waals surface area contributed by atoms with Crippen molar-refractivity contribution in [2.45, 2.75) is 25.8 Å². The summed E-state index contributed by atoms with van der Waals surface area (Å²) in [6, 6.07) is 8.77. The Morgan fingerprint density at radius 2 is 2.29 bits per heavy atom. The second kappa shape index (κ2) is 4.26. The molecule has 1 aliphatic heterocycles. The van der Waals surface area contributed by atoms with E-state index < -0.39 is 0 Å². The first-order chi connectivity index (χ1) is 6.90. The fourth-order valence-electron chi connectivity index (χ4n) is 1.89. The number of hydrogen-bond donors (Lipinski definition) is 1. The summed E-state index contributed by atoms with van der Waals surface area (Å²) in [5, 5.41) is 11.9. The number of rotatable bonds is 2. The molecule has 0 aromatic heterocycles. The molecule has 1 aromatic rings. The van der Waals surface area contributed by atoms with E-state index in [9.17, 15) is 0 Å². The van der Waals surface area contributed by atoms with E-state index in [0.717, 1.165) is 25.9 Å². The topological polar surface area (TPSA) is 35.8 Å². The van der Waals surface area contributed by atoms with Crippen LogP contribution in [0, 0.1) is 11.3 Å². The van der Waals surface area contributed by atoms with E-state index in [-0.39, 0.29) is 0 Å². The molecular formula is C12H14N2. The van der Waals surface area contributed by atoms with Crippen LogP contribution < -0.4 is 5.32 Å². The van der Waals surface area contributed by atoms with Gasteiger partial charge in [-0.05, 0) is 36.1 Å². The molecule has 0 saturated heterocycles. The van der Waals surface area contributed by atoms with Gasteiger partial charge in [0, 0.05) is 13.0 Å². The fourth-order valence-corrected chi connectivity index (χ4v) is 1.89. The average Bonchev–Trinajstić information content (AvgIpc) is 2.26. The van der Waals surface area contributed by atoms with Gasteiger partial charge < -0.3 is 5.32 Å². The molecule has 0 amide bonds. The first-order valence-corrected chi connectivity index (χ1v) is 5.08. The van der Waals surface area contributed by atoms with Crippen molar-refractivity contribution in [3.8, 4) is 6.07 Å². The Kier molecular flexibility index (Phi) is 2.81. The Balaban J connectivity index is 2.17. The van der Waals surface area contributed by atoms with Gasteiger partial charge in [-0.25, -0.2) is 0 Å². The maximum absolute atomic E-state index is 8.51. The minimum absolute atomic E-state index is 0.622. The van der Waals surface area contributed by atoms with E-state index in [1.807, 2.05) is 0 Å². The van der Waals surface area contributed by atoms with Crippen molar-refractivity contribution in [3.05, 3.63) is 34.9 Å². The highest BCUT2D eigenvalue weighted by molar-refractivity contribution is 5.33. The molecule has 1 N–H and O–H groups in total. The highest BCUT2D eigenvalue weighted by Crippen LogP contribution is 2.16. The smallest absolute Gasteiger partial charge is 0.0625 e. The molecule has 0 spiro atoms. The predicted octanol–water partition coefficient (Wildman–Crippen LogP) is 1.79. The van der Waals surface area contributed by atoms with Gasteiger partial charge >= 0.3 is 0 Å². The first-order valence-electron chi connectivity index (χ1n) is 5.08. The average molecular weight is 186 g/mol. The number of aryl methyl sites for hydroxylation is 1. The van der Waals surface area contributed by atoms with E-state index in [4.69, 9.17) is 5.26 Å². The molecule has 0 saturated carbocycles. The van der Waals surface area contributed by atoms with Gasteiger partial charge in [-0.15, -0.1) is 0 Å². The van der Waals surface area contributed by atoms with E-state index in [1.54, 1.807) is 0 Å². The summed E-state index contributed by atoms with van der Waals surface area (Å²) in [6.07, 6.45) is 2.63. The Hall–Kier alpha value is -1.33. The number of benzene rings is 1.